The van der Waals surface area contributed by atoms with Crippen LogP contribution in [0.25, 0.3) is 10.8 Å². The Kier molecular flexibility index (Phi) is 4.31. The molecular weight excluding hydrogens is 333 g/mol. The smallest absolute Gasteiger partial charge is 0.257 e. The Hall–Kier alpha value is -2.92. The summed E-state index contributed by atoms with van der Waals surface area (Å²) < 4.78 is 18.9. The van der Waals surface area contributed by atoms with Gasteiger partial charge in [0.25, 0.3) is 5.91 Å². The Morgan fingerprint density at radius 3 is 2.50 bits per heavy atom. The van der Waals surface area contributed by atoms with E-state index in [2.05, 4.69) is 0 Å². The number of carbonyl (C=O) groups excluding carboxylic acids is 1. The number of phenolic OH excluding ortho intramolecular Hbond substituents is 1. The van der Waals surface area contributed by atoms with Crippen molar-refractivity contribution in [3.63, 3.8) is 0 Å². The van der Waals surface area contributed by atoms with Gasteiger partial charge in [-0.2, -0.15) is 0 Å². The second kappa shape index (κ2) is 6.77. The van der Waals surface area contributed by atoms with E-state index >= 15 is 0 Å². The summed E-state index contributed by atoms with van der Waals surface area (Å²) in [5.74, 6) is -0.569. The maximum Gasteiger partial charge on any atom is 0.257 e. The van der Waals surface area contributed by atoms with E-state index in [1.165, 1.54) is 12.1 Å². The van der Waals surface area contributed by atoms with E-state index in [9.17, 15) is 14.3 Å². The highest BCUT2D eigenvalue weighted by Gasteiger charge is 2.27. The van der Waals surface area contributed by atoms with Crippen molar-refractivity contribution in [2.45, 2.75) is 6.10 Å². The van der Waals surface area contributed by atoms with Crippen molar-refractivity contribution in [2.24, 2.45) is 0 Å². The molecule has 132 valence electrons. The molecule has 26 heavy (non-hydrogen) atoms. The van der Waals surface area contributed by atoms with Gasteiger partial charge >= 0.3 is 0 Å². The standard InChI is InChI=1S/C21H18FNO3/c22-17-7-5-14(6-8-17)20-13-23(9-10-26-20)21(25)18-11-15-3-1-2-4-16(15)12-19(18)24/h1-8,11-12,20,24H,9-10,13H2/t20-/m0/s1. The minimum Gasteiger partial charge on any atom is -0.507 e. The van der Waals surface area contributed by atoms with E-state index in [1.54, 1.807) is 29.2 Å². The summed E-state index contributed by atoms with van der Waals surface area (Å²) >= 11 is 0. The van der Waals surface area contributed by atoms with Gasteiger partial charge < -0.3 is 14.7 Å². The van der Waals surface area contributed by atoms with Crippen LogP contribution in [0.3, 0.4) is 0 Å². The number of hydrogen-bond donors (Lipinski definition) is 1. The molecule has 5 heteroatoms. The second-order valence-electron chi connectivity index (χ2n) is 6.38. The van der Waals surface area contributed by atoms with E-state index in [0.29, 0.717) is 19.7 Å². The molecule has 1 atom stereocenters. The van der Waals surface area contributed by atoms with Crippen LogP contribution in [0, 0.1) is 5.82 Å². The number of phenols is 1. The van der Waals surface area contributed by atoms with Gasteiger partial charge in [0, 0.05) is 6.54 Å². The van der Waals surface area contributed by atoms with Crippen LogP contribution in [-0.4, -0.2) is 35.6 Å². The van der Waals surface area contributed by atoms with Gasteiger partial charge in [0.1, 0.15) is 17.7 Å². The molecule has 1 heterocycles. The minimum atomic E-state index is -0.309. The van der Waals surface area contributed by atoms with E-state index < -0.39 is 0 Å². The summed E-state index contributed by atoms with van der Waals surface area (Å²) in [5, 5.41) is 12.1. The Morgan fingerprint density at radius 1 is 1.08 bits per heavy atom. The summed E-state index contributed by atoms with van der Waals surface area (Å²) in [7, 11) is 0. The van der Waals surface area contributed by atoms with E-state index in [1.807, 2.05) is 24.3 Å². The molecule has 1 aliphatic heterocycles. The van der Waals surface area contributed by atoms with Crippen LogP contribution >= 0.6 is 0 Å². The molecule has 3 aromatic rings. The molecule has 0 spiro atoms. The van der Waals surface area contributed by atoms with Crippen molar-refractivity contribution in [3.8, 4) is 5.75 Å². The molecule has 0 aromatic heterocycles. The first kappa shape index (κ1) is 16.5. The average molecular weight is 351 g/mol. The van der Waals surface area contributed by atoms with Gasteiger partial charge in [0.2, 0.25) is 0 Å². The maximum absolute atomic E-state index is 13.1. The summed E-state index contributed by atoms with van der Waals surface area (Å²) in [6.07, 6.45) is -0.309. The third kappa shape index (κ3) is 3.13. The lowest BCUT2D eigenvalue weighted by atomic mass is 10.0. The Bertz CT molecular complexity index is 955. The summed E-state index contributed by atoms with van der Waals surface area (Å²) in [6.45, 7) is 1.20. The highest BCUT2D eigenvalue weighted by molar-refractivity contribution is 6.01. The molecule has 4 rings (SSSR count). The number of amides is 1. The first-order valence-corrected chi connectivity index (χ1v) is 8.50. The molecule has 0 aliphatic carbocycles. The highest BCUT2D eigenvalue weighted by Crippen LogP contribution is 2.28. The zero-order chi connectivity index (χ0) is 18.1. The quantitative estimate of drug-likeness (QED) is 0.762. The molecule has 0 bridgehead atoms. The number of morpholine rings is 1. The van der Waals surface area contributed by atoms with Gasteiger partial charge in [-0.05, 0) is 40.6 Å². The number of nitrogens with zero attached hydrogens (tertiary/aromatic N) is 1. The zero-order valence-electron chi connectivity index (χ0n) is 14.1. The molecule has 3 aromatic carbocycles. The SMILES string of the molecule is O=C(c1cc2ccccc2cc1O)N1CCO[C@H](c2ccc(F)cc2)C1. The van der Waals surface area contributed by atoms with Crippen molar-refractivity contribution < 1.29 is 19.0 Å². The number of hydrogen-bond acceptors (Lipinski definition) is 3. The van der Waals surface area contributed by atoms with Crippen LogP contribution in [0.1, 0.15) is 22.0 Å². The number of aromatic hydroxyl groups is 1. The summed E-state index contributed by atoms with van der Waals surface area (Å²) in [4.78, 5) is 14.6. The molecule has 1 saturated heterocycles. The highest BCUT2D eigenvalue weighted by atomic mass is 19.1. The van der Waals surface area contributed by atoms with Crippen LogP contribution in [0.4, 0.5) is 4.39 Å². The third-order valence-corrected chi connectivity index (χ3v) is 4.69. The van der Waals surface area contributed by atoms with Crippen molar-refractivity contribution in [2.75, 3.05) is 19.7 Å². The average Bonchev–Trinajstić information content (AvgIpc) is 2.67. The van der Waals surface area contributed by atoms with Crippen LogP contribution in [0.2, 0.25) is 0 Å². The van der Waals surface area contributed by atoms with Crippen LogP contribution in [0.15, 0.2) is 60.7 Å². The van der Waals surface area contributed by atoms with Gasteiger partial charge in [0.05, 0.1) is 18.7 Å². The largest absolute Gasteiger partial charge is 0.507 e. The van der Waals surface area contributed by atoms with Gasteiger partial charge in [-0.1, -0.05) is 36.4 Å². The minimum absolute atomic E-state index is 0.0291. The number of carbonyl (C=O) groups is 1. The fraction of sp³-hybridized carbons (Fsp3) is 0.190. The molecule has 1 aliphatic rings. The molecule has 1 amide bonds. The normalized spacial score (nSPS) is 17.4. The lowest BCUT2D eigenvalue weighted by Gasteiger charge is -2.33. The van der Waals surface area contributed by atoms with Gasteiger partial charge in [-0.3, -0.25) is 4.79 Å². The van der Waals surface area contributed by atoms with Gasteiger partial charge in [0.15, 0.2) is 0 Å². The fourth-order valence-electron chi connectivity index (χ4n) is 3.28. The second-order valence-corrected chi connectivity index (χ2v) is 6.38. The van der Waals surface area contributed by atoms with E-state index in [0.717, 1.165) is 16.3 Å². The molecule has 1 fully saturated rings. The molecule has 0 saturated carbocycles. The summed E-state index contributed by atoms with van der Waals surface area (Å²) in [6, 6.07) is 17.0. The predicted molar refractivity (Wildman–Crippen MR) is 96.6 cm³/mol. The van der Waals surface area contributed by atoms with Crippen molar-refractivity contribution in [1.82, 2.24) is 4.90 Å². The Labute approximate surface area is 150 Å². The van der Waals surface area contributed by atoms with E-state index in [4.69, 9.17) is 4.74 Å². The topological polar surface area (TPSA) is 49.8 Å². The van der Waals surface area contributed by atoms with Crippen LogP contribution in [-0.2, 0) is 4.74 Å². The van der Waals surface area contributed by atoms with Gasteiger partial charge in [-0.25, -0.2) is 4.39 Å². The molecule has 0 radical (unpaired) electrons. The number of rotatable bonds is 2. The zero-order valence-corrected chi connectivity index (χ0v) is 14.1. The molecule has 4 nitrogen and oxygen atoms in total. The molecule has 0 unspecified atom stereocenters. The lowest BCUT2D eigenvalue weighted by Crippen LogP contribution is -2.42. The fourth-order valence-corrected chi connectivity index (χ4v) is 3.28. The Morgan fingerprint density at radius 2 is 1.77 bits per heavy atom. The van der Waals surface area contributed by atoms with Crippen molar-refractivity contribution in [3.05, 3.63) is 77.6 Å². The van der Waals surface area contributed by atoms with Crippen molar-refractivity contribution >= 4 is 16.7 Å². The number of ether oxygens (including phenoxy) is 1. The summed E-state index contributed by atoms with van der Waals surface area (Å²) in [5.41, 5.74) is 1.11. The third-order valence-electron chi connectivity index (χ3n) is 4.69. The monoisotopic (exact) mass is 351 g/mol. The van der Waals surface area contributed by atoms with Gasteiger partial charge in [-0.15, -0.1) is 0 Å². The first-order valence-electron chi connectivity index (χ1n) is 8.50. The maximum atomic E-state index is 13.1. The van der Waals surface area contributed by atoms with E-state index in [-0.39, 0.29) is 29.1 Å². The molecule has 1 N–H and O–H groups in total. The Balaban J connectivity index is 1.59. The van der Waals surface area contributed by atoms with Crippen LogP contribution in [0.5, 0.6) is 5.75 Å². The number of halogens is 1. The van der Waals surface area contributed by atoms with Crippen LogP contribution < -0.4 is 0 Å². The predicted octanol–water partition coefficient (Wildman–Crippen LogP) is 3.90. The molecular formula is C21H18FNO3. The van der Waals surface area contributed by atoms with Crippen molar-refractivity contribution in [1.29, 1.82) is 0 Å². The first-order chi connectivity index (χ1) is 12.6. The lowest BCUT2D eigenvalue weighted by molar-refractivity contribution is -0.0229. The number of fused-ring (bicyclic) bond motifs is 1. The number of benzene rings is 3.